The first kappa shape index (κ1) is 11.6. The first-order valence-electron chi connectivity index (χ1n) is 3.15. The Hall–Kier alpha value is -1.40. The summed E-state index contributed by atoms with van der Waals surface area (Å²) in [5.41, 5.74) is 2.25. The third-order valence-electron chi connectivity index (χ3n) is 1.20. The van der Waals surface area contributed by atoms with Gasteiger partial charge in [-0.15, -0.1) is 12.4 Å². The summed E-state index contributed by atoms with van der Waals surface area (Å²) in [7, 11) is 1.44. The largest absolute Gasteiger partial charge is 0.467 e. The van der Waals surface area contributed by atoms with E-state index in [-0.39, 0.29) is 18.4 Å². The van der Waals surface area contributed by atoms with Crippen molar-refractivity contribution in [3.8, 4) is 6.01 Å². The highest BCUT2D eigenvalue weighted by molar-refractivity contribution is 5.93. The third kappa shape index (κ3) is 2.85. The molecule has 7 heteroatoms. The number of halogens is 1. The van der Waals surface area contributed by atoms with Crippen LogP contribution >= 0.6 is 12.4 Å². The molecule has 0 aromatic carbocycles. The van der Waals surface area contributed by atoms with Gasteiger partial charge in [-0.25, -0.2) is 15.8 Å². The molecule has 0 unspecified atom stereocenters. The van der Waals surface area contributed by atoms with Crippen LogP contribution in [0.1, 0.15) is 10.4 Å². The van der Waals surface area contributed by atoms with Crippen LogP contribution in [-0.2, 0) is 0 Å². The number of rotatable bonds is 2. The number of ether oxygens (including phenoxy) is 1. The molecule has 72 valence electrons. The van der Waals surface area contributed by atoms with Gasteiger partial charge in [-0.05, 0) is 0 Å². The molecule has 0 radical (unpaired) electrons. The number of hydrogen-bond acceptors (Lipinski definition) is 5. The molecule has 0 spiro atoms. The fraction of sp³-hybridized carbons (Fsp3) is 0.167. The smallest absolute Gasteiger partial charge is 0.316 e. The van der Waals surface area contributed by atoms with Gasteiger partial charge in [-0.1, -0.05) is 0 Å². The Morgan fingerprint density at radius 1 is 1.54 bits per heavy atom. The van der Waals surface area contributed by atoms with Crippen molar-refractivity contribution in [1.29, 1.82) is 0 Å². The number of nitrogens with zero attached hydrogens (tertiary/aromatic N) is 2. The van der Waals surface area contributed by atoms with Gasteiger partial charge in [-0.3, -0.25) is 10.2 Å². The van der Waals surface area contributed by atoms with E-state index in [1.807, 2.05) is 5.43 Å². The molecule has 13 heavy (non-hydrogen) atoms. The average Bonchev–Trinajstić information content (AvgIpc) is 2.17. The number of hydrazine groups is 1. The molecule has 0 saturated carbocycles. The maximum Gasteiger partial charge on any atom is 0.316 e. The Morgan fingerprint density at radius 3 is 2.46 bits per heavy atom. The second-order valence-electron chi connectivity index (χ2n) is 1.93. The van der Waals surface area contributed by atoms with Crippen LogP contribution in [0.3, 0.4) is 0 Å². The lowest BCUT2D eigenvalue weighted by atomic mass is 10.3. The van der Waals surface area contributed by atoms with Crippen molar-refractivity contribution in [1.82, 2.24) is 15.4 Å². The van der Waals surface area contributed by atoms with Crippen molar-refractivity contribution in [3.63, 3.8) is 0 Å². The predicted molar refractivity (Wildman–Crippen MR) is 47.5 cm³/mol. The molecule has 0 aliphatic rings. The van der Waals surface area contributed by atoms with Crippen LogP contribution in [0.15, 0.2) is 12.4 Å². The van der Waals surface area contributed by atoms with E-state index in [2.05, 4.69) is 9.97 Å². The number of methoxy groups -OCH3 is 1. The van der Waals surface area contributed by atoms with Crippen LogP contribution < -0.4 is 16.0 Å². The third-order valence-corrected chi connectivity index (χ3v) is 1.20. The molecular weight excluding hydrogens is 196 g/mol. The Kier molecular flexibility index (Phi) is 4.71. The zero-order chi connectivity index (χ0) is 8.97. The number of carbonyl (C=O) groups is 1. The lowest BCUT2D eigenvalue weighted by Gasteiger charge is -1.98. The maximum atomic E-state index is 10.9. The number of carbonyl (C=O) groups excluding carboxylic acids is 1. The molecule has 6 nitrogen and oxygen atoms in total. The summed E-state index contributed by atoms with van der Waals surface area (Å²) in [6.07, 6.45) is 2.65. The quantitative estimate of drug-likeness (QED) is 0.386. The van der Waals surface area contributed by atoms with E-state index in [0.717, 1.165) is 0 Å². The first-order valence-corrected chi connectivity index (χ1v) is 3.15. The summed E-state index contributed by atoms with van der Waals surface area (Å²) in [6.45, 7) is 0. The van der Waals surface area contributed by atoms with Crippen molar-refractivity contribution in [2.24, 2.45) is 5.84 Å². The predicted octanol–water partition coefficient (Wildman–Crippen LogP) is -0.489. The topological polar surface area (TPSA) is 90.1 Å². The van der Waals surface area contributed by atoms with Gasteiger partial charge in [0.1, 0.15) is 0 Å². The molecule has 1 amide bonds. The molecule has 0 aliphatic carbocycles. The summed E-state index contributed by atoms with van der Waals surface area (Å²) in [5.74, 6) is 4.46. The van der Waals surface area contributed by atoms with Crippen LogP contribution in [0.25, 0.3) is 0 Å². The van der Waals surface area contributed by atoms with E-state index in [0.29, 0.717) is 5.56 Å². The van der Waals surface area contributed by atoms with Crippen LogP contribution in [0.5, 0.6) is 6.01 Å². The van der Waals surface area contributed by atoms with Crippen LogP contribution in [0.2, 0.25) is 0 Å². The fourth-order valence-electron chi connectivity index (χ4n) is 0.622. The highest BCUT2D eigenvalue weighted by atomic mass is 35.5. The molecule has 0 fully saturated rings. The van der Waals surface area contributed by atoms with E-state index in [4.69, 9.17) is 10.6 Å². The van der Waals surface area contributed by atoms with Crippen molar-refractivity contribution < 1.29 is 9.53 Å². The summed E-state index contributed by atoms with van der Waals surface area (Å²) < 4.78 is 4.70. The summed E-state index contributed by atoms with van der Waals surface area (Å²) in [4.78, 5) is 18.3. The standard InChI is InChI=1S/C6H8N4O2.ClH/c1-12-6-8-2-4(3-9-6)5(11)10-7;/h2-3H,7H2,1H3,(H,10,11);1H. The van der Waals surface area contributed by atoms with Gasteiger partial charge in [-0.2, -0.15) is 0 Å². The van der Waals surface area contributed by atoms with Crippen LogP contribution in [0.4, 0.5) is 0 Å². The molecule has 1 aromatic heterocycles. The number of nitrogen functional groups attached to an aromatic ring is 1. The summed E-state index contributed by atoms with van der Waals surface area (Å²) in [6, 6.07) is 0.212. The number of nitrogens with two attached hydrogens (primary N) is 1. The Balaban J connectivity index is 0.00000144. The first-order chi connectivity index (χ1) is 5.77. The normalized spacial score (nSPS) is 8.46. The molecule has 0 aliphatic heterocycles. The van der Waals surface area contributed by atoms with Gasteiger partial charge in [0.15, 0.2) is 0 Å². The number of amides is 1. The van der Waals surface area contributed by atoms with Gasteiger partial charge < -0.3 is 4.74 Å². The Labute approximate surface area is 80.9 Å². The molecule has 1 aromatic rings. The van der Waals surface area contributed by atoms with Gasteiger partial charge in [0.2, 0.25) is 0 Å². The molecule has 0 saturated heterocycles. The molecule has 0 bridgehead atoms. The monoisotopic (exact) mass is 204 g/mol. The van der Waals surface area contributed by atoms with E-state index < -0.39 is 5.91 Å². The molecule has 3 N–H and O–H groups in total. The number of nitrogens with one attached hydrogen (secondary N) is 1. The highest BCUT2D eigenvalue weighted by Crippen LogP contribution is 2.00. The highest BCUT2D eigenvalue weighted by Gasteiger charge is 2.03. The average molecular weight is 205 g/mol. The van der Waals surface area contributed by atoms with Crippen molar-refractivity contribution in [2.45, 2.75) is 0 Å². The summed E-state index contributed by atoms with van der Waals surface area (Å²) >= 11 is 0. The number of aromatic nitrogens is 2. The van der Waals surface area contributed by atoms with Crippen molar-refractivity contribution in [2.75, 3.05) is 7.11 Å². The lowest BCUT2D eigenvalue weighted by Crippen LogP contribution is -2.30. The Bertz CT molecular complexity index is 276. The minimum atomic E-state index is -0.433. The number of hydrogen-bond donors (Lipinski definition) is 2. The zero-order valence-electron chi connectivity index (χ0n) is 6.85. The second-order valence-corrected chi connectivity index (χ2v) is 1.93. The minimum absolute atomic E-state index is 0. The van der Waals surface area contributed by atoms with E-state index in [1.165, 1.54) is 19.5 Å². The summed E-state index contributed by atoms with van der Waals surface area (Å²) in [5, 5.41) is 0. The fourth-order valence-corrected chi connectivity index (χ4v) is 0.622. The van der Waals surface area contributed by atoms with Crippen LogP contribution in [0, 0.1) is 0 Å². The zero-order valence-corrected chi connectivity index (χ0v) is 7.67. The lowest BCUT2D eigenvalue weighted by molar-refractivity contribution is 0.0953. The van der Waals surface area contributed by atoms with Gasteiger partial charge in [0, 0.05) is 12.4 Å². The Morgan fingerprint density at radius 2 is 2.08 bits per heavy atom. The molecule has 1 heterocycles. The SMILES string of the molecule is COc1ncc(C(=O)NN)cn1.Cl. The molecule has 1 rings (SSSR count). The molecule has 0 atom stereocenters. The minimum Gasteiger partial charge on any atom is -0.467 e. The van der Waals surface area contributed by atoms with E-state index >= 15 is 0 Å². The van der Waals surface area contributed by atoms with E-state index in [1.54, 1.807) is 0 Å². The van der Waals surface area contributed by atoms with Gasteiger partial charge >= 0.3 is 6.01 Å². The van der Waals surface area contributed by atoms with Gasteiger partial charge in [0.05, 0.1) is 12.7 Å². The van der Waals surface area contributed by atoms with Crippen LogP contribution in [-0.4, -0.2) is 23.0 Å². The second kappa shape index (κ2) is 5.28. The van der Waals surface area contributed by atoms with E-state index in [9.17, 15) is 4.79 Å². The molecular formula is C6H9ClN4O2. The van der Waals surface area contributed by atoms with Crippen molar-refractivity contribution >= 4 is 18.3 Å². The van der Waals surface area contributed by atoms with Crippen molar-refractivity contribution in [3.05, 3.63) is 18.0 Å². The maximum absolute atomic E-state index is 10.9. The van der Waals surface area contributed by atoms with Gasteiger partial charge in [0.25, 0.3) is 5.91 Å².